The van der Waals surface area contributed by atoms with Crippen LogP contribution in [0, 0.1) is 5.92 Å². The number of anilines is 1. The molecule has 1 aliphatic carbocycles. The van der Waals surface area contributed by atoms with Crippen LogP contribution in [0.15, 0.2) is 0 Å². The van der Waals surface area contributed by atoms with E-state index >= 15 is 0 Å². The van der Waals surface area contributed by atoms with E-state index in [0.717, 1.165) is 18.7 Å². The molecule has 0 aromatic carbocycles. The van der Waals surface area contributed by atoms with E-state index in [9.17, 15) is 0 Å². The Morgan fingerprint density at radius 3 is 2.47 bits per heavy atom. The largest absolute Gasteiger partial charge is 0.370 e. The summed E-state index contributed by atoms with van der Waals surface area (Å²) < 4.78 is 5.75. The molecule has 2 rings (SSSR count). The van der Waals surface area contributed by atoms with Gasteiger partial charge in [0.2, 0.25) is 5.95 Å². The lowest BCUT2D eigenvalue weighted by Crippen LogP contribution is -2.18. The fraction of sp³-hybridized carbons (Fsp3) is 0.786. The zero-order valence-corrected chi connectivity index (χ0v) is 12.1. The molecule has 1 saturated carbocycles. The summed E-state index contributed by atoms with van der Waals surface area (Å²) in [6.07, 6.45) is 4.72. The third kappa shape index (κ3) is 3.41. The van der Waals surface area contributed by atoms with Crippen molar-refractivity contribution in [2.24, 2.45) is 5.92 Å². The number of ether oxygens (including phenoxy) is 1. The van der Waals surface area contributed by atoms with E-state index in [4.69, 9.17) is 10.5 Å². The van der Waals surface area contributed by atoms with Crippen LogP contribution in [0.2, 0.25) is 0 Å². The van der Waals surface area contributed by atoms with Gasteiger partial charge in [0.1, 0.15) is 11.9 Å². The standard InChI is InChI=1S/C14H24N4O/c1-4-19-11(9(2)3)13-16-12(17-14(15)18-13)10-7-5-6-8-10/h9-11H,4-8H2,1-3H3,(H2,15,16,17,18). The van der Waals surface area contributed by atoms with Gasteiger partial charge < -0.3 is 10.5 Å². The highest BCUT2D eigenvalue weighted by Gasteiger charge is 2.25. The lowest BCUT2D eigenvalue weighted by atomic mass is 10.1. The maximum absolute atomic E-state index is 5.84. The molecule has 0 radical (unpaired) electrons. The quantitative estimate of drug-likeness (QED) is 0.885. The Kier molecular flexibility index (Phi) is 4.69. The van der Waals surface area contributed by atoms with Crippen LogP contribution in [0.4, 0.5) is 5.95 Å². The zero-order valence-electron chi connectivity index (χ0n) is 12.1. The second-order valence-corrected chi connectivity index (χ2v) is 5.51. The number of nitrogen functional groups attached to an aromatic ring is 1. The topological polar surface area (TPSA) is 73.9 Å². The number of aromatic nitrogens is 3. The predicted molar refractivity (Wildman–Crippen MR) is 74.7 cm³/mol. The summed E-state index contributed by atoms with van der Waals surface area (Å²) in [6, 6.07) is 0. The predicted octanol–water partition coefficient (Wildman–Crippen LogP) is 2.85. The van der Waals surface area contributed by atoms with Gasteiger partial charge in [-0.05, 0) is 25.7 Å². The summed E-state index contributed by atoms with van der Waals surface area (Å²) in [5, 5.41) is 0. The first-order valence-corrected chi connectivity index (χ1v) is 7.24. The number of hydrogen-bond donors (Lipinski definition) is 1. The van der Waals surface area contributed by atoms with Crippen molar-refractivity contribution >= 4 is 5.95 Å². The smallest absolute Gasteiger partial charge is 0.223 e. The van der Waals surface area contributed by atoms with Gasteiger partial charge in [0.25, 0.3) is 0 Å². The van der Waals surface area contributed by atoms with E-state index in [1.54, 1.807) is 0 Å². The third-order valence-corrected chi connectivity index (χ3v) is 3.61. The lowest BCUT2D eigenvalue weighted by molar-refractivity contribution is 0.0229. The first-order valence-electron chi connectivity index (χ1n) is 7.24. The molecule has 0 aliphatic heterocycles. The average Bonchev–Trinajstić information content (AvgIpc) is 2.88. The molecule has 1 unspecified atom stereocenters. The minimum atomic E-state index is -0.101. The lowest BCUT2D eigenvalue weighted by Gasteiger charge is -2.20. The minimum Gasteiger partial charge on any atom is -0.370 e. The second kappa shape index (κ2) is 6.28. The van der Waals surface area contributed by atoms with Crippen molar-refractivity contribution in [2.45, 2.75) is 58.5 Å². The number of nitrogens with two attached hydrogens (primary N) is 1. The summed E-state index contributed by atoms with van der Waals surface area (Å²) in [6.45, 7) is 6.84. The Labute approximate surface area is 115 Å². The van der Waals surface area contributed by atoms with Crippen molar-refractivity contribution in [3.63, 3.8) is 0 Å². The molecule has 106 valence electrons. The number of rotatable bonds is 5. The summed E-state index contributed by atoms with van der Waals surface area (Å²) in [4.78, 5) is 13.2. The molecule has 2 N–H and O–H groups in total. The van der Waals surface area contributed by atoms with Crippen LogP contribution in [0.3, 0.4) is 0 Å². The van der Waals surface area contributed by atoms with Gasteiger partial charge in [0.15, 0.2) is 5.82 Å². The van der Waals surface area contributed by atoms with Gasteiger partial charge in [-0.1, -0.05) is 26.7 Å². The molecule has 1 aromatic heterocycles. The Bertz CT molecular complexity index is 416. The van der Waals surface area contributed by atoms with Gasteiger partial charge in [-0.3, -0.25) is 0 Å². The molecular formula is C14H24N4O. The first kappa shape index (κ1) is 14.2. The molecule has 19 heavy (non-hydrogen) atoms. The molecule has 5 nitrogen and oxygen atoms in total. The van der Waals surface area contributed by atoms with E-state index in [0.29, 0.717) is 30.2 Å². The van der Waals surface area contributed by atoms with Gasteiger partial charge in [0.05, 0.1) is 0 Å². The summed E-state index contributed by atoms with van der Waals surface area (Å²) in [5.41, 5.74) is 5.84. The molecule has 1 aliphatic rings. The first-order chi connectivity index (χ1) is 9.11. The van der Waals surface area contributed by atoms with Crippen molar-refractivity contribution in [1.29, 1.82) is 0 Å². The molecule has 0 amide bonds. The van der Waals surface area contributed by atoms with Crippen molar-refractivity contribution in [2.75, 3.05) is 12.3 Å². The second-order valence-electron chi connectivity index (χ2n) is 5.51. The fourth-order valence-corrected chi connectivity index (χ4v) is 2.67. The van der Waals surface area contributed by atoms with Crippen LogP contribution in [-0.2, 0) is 4.74 Å². The van der Waals surface area contributed by atoms with Crippen LogP contribution in [0.1, 0.15) is 70.1 Å². The monoisotopic (exact) mass is 264 g/mol. The summed E-state index contributed by atoms with van der Waals surface area (Å²) in [5.74, 6) is 2.62. The molecule has 0 saturated heterocycles. The highest BCUT2D eigenvalue weighted by molar-refractivity contribution is 5.19. The van der Waals surface area contributed by atoms with Crippen LogP contribution < -0.4 is 5.73 Å². The molecule has 5 heteroatoms. The number of hydrogen-bond acceptors (Lipinski definition) is 5. The average molecular weight is 264 g/mol. The molecule has 1 fully saturated rings. The van der Waals surface area contributed by atoms with Crippen molar-refractivity contribution in [3.8, 4) is 0 Å². The highest BCUT2D eigenvalue weighted by Crippen LogP contribution is 2.33. The molecule has 0 bridgehead atoms. The Morgan fingerprint density at radius 2 is 1.89 bits per heavy atom. The summed E-state index contributed by atoms with van der Waals surface area (Å²) >= 11 is 0. The van der Waals surface area contributed by atoms with E-state index in [2.05, 4.69) is 28.8 Å². The highest BCUT2D eigenvalue weighted by atomic mass is 16.5. The van der Waals surface area contributed by atoms with E-state index in [1.165, 1.54) is 12.8 Å². The molecule has 1 aromatic rings. The maximum Gasteiger partial charge on any atom is 0.223 e. The van der Waals surface area contributed by atoms with Gasteiger partial charge >= 0.3 is 0 Å². The van der Waals surface area contributed by atoms with Crippen LogP contribution >= 0.6 is 0 Å². The SMILES string of the molecule is CCOC(c1nc(N)nc(C2CCCC2)n1)C(C)C. The molecular weight excluding hydrogens is 240 g/mol. The number of nitrogens with zero attached hydrogens (tertiary/aromatic N) is 3. The van der Waals surface area contributed by atoms with E-state index in [-0.39, 0.29) is 6.10 Å². The fourth-order valence-electron chi connectivity index (χ4n) is 2.67. The van der Waals surface area contributed by atoms with Gasteiger partial charge in [-0.25, -0.2) is 4.98 Å². The van der Waals surface area contributed by atoms with Crippen LogP contribution in [-0.4, -0.2) is 21.6 Å². The molecule has 1 heterocycles. The maximum atomic E-state index is 5.84. The summed E-state index contributed by atoms with van der Waals surface area (Å²) in [7, 11) is 0. The normalized spacial score (nSPS) is 18.1. The minimum absolute atomic E-state index is 0.101. The van der Waals surface area contributed by atoms with E-state index in [1.807, 2.05) is 6.92 Å². The van der Waals surface area contributed by atoms with Gasteiger partial charge in [0, 0.05) is 12.5 Å². The van der Waals surface area contributed by atoms with Gasteiger partial charge in [-0.15, -0.1) is 0 Å². The van der Waals surface area contributed by atoms with Crippen molar-refractivity contribution in [1.82, 2.24) is 15.0 Å². The van der Waals surface area contributed by atoms with Crippen LogP contribution in [0.5, 0.6) is 0 Å². The van der Waals surface area contributed by atoms with E-state index < -0.39 is 0 Å². The third-order valence-electron chi connectivity index (χ3n) is 3.61. The van der Waals surface area contributed by atoms with Crippen molar-refractivity contribution < 1.29 is 4.74 Å². The Hall–Kier alpha value is -1.23. The van der Waals surface area contributed by atoms with Crippen LogP contribution in [0.25, 0.3) is 0 Å². The Balaban J connectivity index is 2.28. The molecule has 1 atom stereocenters. The van der Waals surface area contributed by atoms with Crippen molar-refractivity contribution in [3.05, 3.63) is 11.6 Å². The zero-order chi connectivity index (χ0) is 13.8. The Morgan fingerprint density at radius 1 is 1.21 bits per heavy atom. The van der Waals surface area contributed by atoms with Gasteiger partial charge in [-0.2, -0.15) is 9.97 Å². The molecule has 0 spiro atoms.